The van der Waals surface area contributed by atoms with Gasteiger partial charge >= 0.3 is 0 Å². The van der Waals surface area contributed by atoms with E-state index >= 15 is 0 Å². The average Bonchev–Trinajstić information content (AvgIpc) is 2.85. The fraction of sp³-hybridized carbons (Fsp3) is 0.720. The van der Waals surface area contributed by atoms with Crippen LogP contribution in [0.3, 0.4) is 0 Å². The van der Waals surface area contributed by atoms with Gasteiger partial charge in [-0.25, -0.2) is 4.98 Å². The van der Waals surface area contributed by atoms with Crippen LogP contribution in [0.25, 0.3) is 0 Å². The molecule has 1 aromatic heterocycles. The summed E-state index contributed by atoms with van der Waals surface area (Å²) in [5.41, 5.74) is 1.53. The van der Waals surface area contributed by atoms with Gasteiger partial charge in [-0.3, -0.25) is 9.59 Å². The fourth-order valence-electron chi connectivity index (χ4n) is 5.80. The molecule has 0 unspecified atom stereocenters. The number of nitrogens with one attached hydrogen (secondary N) is 1. The quantitative estimate of drug-likeness (QED) is 0.728. The van der Waals surface area contributed by atoms with Crippen LogP contribution in [0.1, 0.15) is 67.9 Å². The molecule has 1 amide bonds. The molecule has 4 aliphatic rings. The molecule has 0 radical (unpaired) electrons. The van der Waals surface area contributed by atoms with Crippen molar-refractivity contribution in [3.05, 3.63) is 39.6 Å². The standard InChI is InChI=1S/C25H36N4O3/c30-24-21-17-29(25(31)20-9-14-32-15-10-20)13-8-22(21)26-23(27-24)19-6-11-28(12-7-19)16-18-4-2-1-3-5-18/h1-2,18-20H,3-17H2,(H,26,27,30)/t18-/m1/s1. The maximum atomic E-state index is 12.9. The number of likely N-dealkylation sites (tertiary alicyclic amines) is 1. The van der Waals surface area contributed by atoms with Crippen molar-refractivity contribution in [2.24, 2.45) is 11.8 Å². The summed E-state index contributed by atoms with van der Waals surface area (Å²) in [7, 11) is 0. The number of hydrogen-bond donors (Lipinski definition) is 1. The smallest absolute Gasteiger partial charge is 0.256 e. The number of hydrogen-bond acceptors (Lipinski definition) is 5. The summed E-state index contributed by atoms with van der Waals surface area (Å²) in [5, 5.41) is 0. The van der Waals surface area contributed by atoms with E-state index in [9.17, 15) is 9.59 Å². The molecule has 32 heavy (non-hydrogen) atoms. The Kier molecular flexibility index (Phi) is 6.74. The lowest BCUT2D eigenvalue weighted by Crippen LogP contribution is -2.44. The van der Waals surface area contributed by atoms with Crippen molar-refractivity contribution in [3.63, 3.8) is 0 Å². The molecule has 7 nitrogen and oxygen atoms in total. The zero-order valence-electron chi connectivity index (χ0n) is 19.1. The molecule has 0 spiro atoms. The van der Waals surface area contributed by atoms with Gasteiger partial charge in [0.25, 0.3) is 5.56 Å². The lowest BCUT2D eigenvalue weighted by atomic mass is 9.91. The molecule has 2 fully saturated rings. The van der Waals surface area contributed by atoms with Crippen molar-refractivity contribution in [1.29, 1.82) is 0 Å². The van der Waals surface area contributed by atoms with Crippen molar-refractivity contribution in [3.8, 4) is 0 Å². The number of aromatic amines is 1. The topological polar surface area (TPSA) is 78.5 Å². The van der Waals surface area contributed by atoms with Crippen molar-refractivity contribution in [2.75, 3.05) is 39.4 Å². The van der Waals surface area contributed by atoms with Gasteiger partial charge in [0.05, 0.1) is 17.8 Å². The number of carbonyl (C=O) groups is 1. The number of nitrogens with zero attached hydrogens (tertiary/aromatic N) is 3. The SMILES string of the molecule is O=C(C1CCOCC1)N1CCc2nc(C3CCN(C[C@@H]4CC=CCC4)CC3)[nH]c(=O)c2C1. The Morgan fingerprint density at radius 1 is 1.09 bits per heavy atom. The van der Waals surface area contributed by atoms with Crippen LogP contribution in [0.5, 0.6) is 0 Å². The molecule has 3 aliphatic heterocycles. The molecule has 1 N–H and O–H groups in total. The Balaban J connectivity index is 1.20. The van der Waals surface area contributed by atoms with Gasteiger partial charge in [-0.05, 0) is 64.0 Å². The van der Waals surface area contributed by atoms with Crippen LogP contribution in [0, 0.1) is 11.8 Å². The minimum absolute atomic E-state index is 0.0337. The van der Waals surface area contributed by atoms with E-state index in [-0.39, 0.29) is 17.4 Å². The molecule has 4 heterocycles. The van der Waals surface area contributed by atoms with Gasteiger partial charge in [-0.15, -0.1) is 0 Å². The maximum absolute atomic E-state index is 12.9. The van der Waals surface area contributed by atoms with Crippen LogP contribution in [0.4, 0.5) is 0 Å². The number of piperidine rings is 1. The minimum Gasteiger partial charge on any atom is -0.381 e. The average molecular weight is 441 g/mol. The number of carbonyl (C=O) groups excluding carboxylic acids is 1. The van der Waals surface area contributed by atoms with Crippen molar-refractivity contribution >= 4 is 5.91 Å². The predicted molar refractivity (Wildman–Crippen MR) is 122 cm³/mol. The highest BCUT2D eigenvalue weighted by molar-refractivity contribution is 5.79. The van der Waals surface area contributed by atoms with Gasteiger partial charge in [0.2, 0.25) is 5.91 Å². The monoisotopic (exact) mass is 440 g/mol. The zero-order chi connectivity index (χ0) is 21.9. The van der Waals surface area contributed by atoms with Gasteiger partial charge < -0.3 is 19.5 Å². The summed E-state index contributed by atoms with van der Waals surface area (Å²) in [6, 6.07) is 0. The Hall–Kier alpha value is -1.99. The van der Waals surface area contributed by atoms with Crippen molar-refractivity contribution in [2.45, 2.75) is 63.8 Å². The number of fused-ring (bicyclic) bond motifs is 1. The first kappa shape index (κ1) is 21.8. The lowest BCUT2D eigenvalue weighted by Gasteiger charge is -2.35. The van der Waals surface area contributed by atoms with E-state index < -0.39 is 0 Å². The first-order valence-electron chi connectivity index (χ1n) is 12.5. The molecular formula is C25H36N4O3. The van der Waals surface area contributed by atoms with E-state index in [4.69, 9.17) is 9.72 Å². The molecule has 0 aromatic carbocycles. The Morgan fingerprint density at radius 2 is 1.91 bits per heavy atom. The van der Waals surface area contributed by atoms with Crippen LogP contribution >= 0.6 is 0 Å². The van der Waals surface area contributed by atoms with E-state index in [1.54, 1.807) is 0 Å². The molecular weight excluding hydrogens is 404 g/mol. The van der Waals surface area contributed by atoms with Crippen LogP contribution < -0.4 is 5.56 Å². The van der Waals surface area contributed by atoms with E-state index in [0.717, 1.165) is 56.2 Å². The van der Waals surface area contributed by atoms with Gasteiger partial charge in [0.1, 0.15) is 5.82 Å². The fourth-order valence-corrected chi connectivity index (χ4v) is 5.80. The highest BCUT2D eigenvalue weighted by Crippen LogP contribution is 2.29. The zero-order valence-corrected chi connectivity index (χ0v) is 19.1. The van der Waals surface area contributed by atoms with Crippen LogP contribution in [-0.2, 0) is 22.5 Å². The number of H-pyrrole nitrogens is 1. The molecule has 1 aromatic rings. The number of allylic oxidation sites excluding steroid dienone is 2. The Labute approximate surface area is 190 Å². The third-order valence-corrected chi connectivity index (χ3v) is 7.84. The van der Waals surface area contributed by atoms with Gasteiger partial charge in [0, 0.05) is 44.6 Å². The number of rotatable bonds is 4. The van der Waals surface area contributed by atoms with E-state index in [2.05, 4.69) is 22.0 Å². The normalized spacial score (nSPS) is 25.6. The predicted octanol–water partition coefficient (Wildman–Crippen LogP) is 2.62. The largest absolute Gasteiger partial charge is 0.381 e. The number of ether oxygens (including phenoxy) is 1. The van der Waals surface area contributed by atoms with Gasteiger partial charge in [-0.2, -0.15) is 0 Å². The molecule has 0 saturated carbocycles. The summed E-state index contributed by atoms with van der Waals surface area (Å²) < 4.78 is 5.39. The van der Waals surface area contributed by atoms with E-state index in [1.165, 1.54) is 25.8 Å². The van der Waals surface area contributed by atoms with Crippen molar-refractivity contribution in [1.82, 2.24) is 19.8 Å². The molecule has 5 rings (SSSR count). The first-order chi connectivity index (χ1) is 15.7. The molecule has 174 valence electrons. The summed E-state index contributed by atoms with van der Waals surface area (Å²) in [6.07, 6.45) is 12.7. The maximum Gasteiger partial charge on any atom is 0.256 e. The third-order valence-electron chi connectivity index (χ3n) is 7.84. The lowest BCUT2D eigenvalue weighted by molar-refractivity contribution is -0.139. The summed E-state index contributed by atoms with van der Waals surface area (Å²) in [4.78, 5) is 38.3. The van der Waals surface area contributed by atoms with Crippen LogP contribution in [-0.4, -0.2) is 65.1 Å². The second-order valence-corrected chi connectivity index (χ2v) is 10.00. The highest BCUT2D eigenvalue weighted by atomic mass is 16.5. The molecule has 7 heteroatoms. The molecule has 1 aliphatic carbocycles. The second-order valence-electron chi connectivity index (χ2n) is 10.00. The molecule has 2 saturated heterocycles. The second kappa shape index (κ2) is 9.87. The highest BCUT2D eigenvalue weighted by Gasteiger charge is 2.31. The van der Waals surface area contributed by atoms with Gasteiger partial charge in [-0.1, -0.05) is 12.2 Å². The van der Waals surface area contributed by atoms with Gasteiger partial charge in [0.15, 0.2) is 0 Å². The van der Waals surface area contributed by atoms with Crippen LogP contribution in [0.2, 0.25) is 0 Å². The van der Waals surface area contributed by atoms with E-state index in [0.29, 0.717) is 44.2 Å². The van der Waals surface area contributed by atoms with Crippen LogP contribution in [0.15, 0.2) is 16.9 Å². The third kappa shape index (κ3) is 4.84. The first-order valence-corrected chi connectivity index (χ1v) is 12.5. The molecule has 1 atom stereocenters. The number of amides is 1. The summed E-state index contributed by atoms with van der Waals surface area (Å²) in [5.74, 6) is 2.19. The number of aromatic nitrogens is 2. The molecule has 0 bridgehead atoms. The summed E-state index contributed by atoms with van der Waals surface area (Å²) >= 11 is 0. The van der Waals surface area contributed by atoms with Crippen molar-refractivity contribution < 1.29 is 9.53 Å². The Morgan fingerprint density at radius 3 is 2.66 bits per heavy atom. The Bertz CT molecular complexity index is 897. The summed E-state index contributed by atoms with van der Waals surface area (Å²) in [6.45, 7) is 5.72. The minimum atomic E-state index is -0.0501. The van der Waals surface area contributed by atoms with E-state index in [1.807, 2.05) is 4.90 Å².